The normalized spacial score (nSPS) is 10.3. The molecule has 0 unspecified atom stereocenters. The van der Waals surface area contributed by atoms with Crippen molar-refractivity contribution in [1.29, 1.82) is 0 Å². The number of para-hydroxylation sites is 1. The Morgan fingerprint density at radius 2 is 1.89 bits per heavy atom. The zero-order valence-electron chi connectivity index (χ0n) is 16.3. The van der Waals surface area contributed by atoms with Crippen molar-refractivity contribution in [2.45, 2.75) is 20.3 Å². The van der Waals surface area contributed by atoms with Gasteiger partial charge in [0.2, 0.25) is 0 Å². The fraction of sp³-hybridized carbons (Fsp3) is 0.381. The molecule has 2 rings (SSSR count). The summed E-state index contributed by atoms with van der Waals surface area (Å²) in [6.07, 6.45) is 0.661. The zero-order chi connectivity index (χ0) is 19.6. The van der Waals surface area contributed by atoms with Gasteiger partial charge in [-0.05, 0) is 49.6 Å². The van der Waals surface area contributed by atoms with Gasteiger partial charge in [-0.3, -0.25) is 0 Å². The fourth-order valence-corrected chi connectivity index (χ4v) is 2.93. The first-order valence-electron chi connectivity index (χ1n) is 9.23. The SMILES string of the molecule is CCN(CCNC(=O)NCCc1ccc(O)c(OC)c1)c1ccccc1C. The number of methoxy groups -OCH3 is 1. The third kappa shape index (κ3) is 6.09. The van der Waals surface area contributed by atoms with Crippen molar-refractivity contribution < 1.29 is 14.6 Å². The van der Waals surface area contributed by atoms with E-state index < -0.39 is 0 Å². The lowest BCUT2D eigenvalue weighted by Gasteiger charge is -2.25. The number of urea groups is 1. The second-order valence-corrected chi connectivity index (χ2v) is 6.31. The van der Waals surface area contributed by atoms with Crippen LogP contribution in [0.25, 0.3) is 0 Å². The highest BCUT2D eigenvalue weighted by molar-refractivity contribution is 5.73. The molecule has 0 bridgehead atoms. The van der Waals surface area contributed by atoms with Gasteiger partial charge in [0.1, 0.15) is 0 Å². The molecule has 2 aromatic carbocycles. The molecular formula is C21H29N3O3. The molecule has 2 aromatic rings. The summed E-state index contributed by atoms with van der Waals surface area (Å²) in [4.78, 5) is 14.2. The van der Waals surface area contributed by atoms with Crippen LogP contribution in [0.15, 0.2) is 42.5 Å². The lowest BCUT2D eigenvalue weighted by molar-refractivity contribution is 0.241. The monoisotopic (exact) mass is 371 g/mol. The third-order valence-electron chi connectivity index (χ3n) is 4.45. The Labute approximate surface area is 161 Å². The predicted molar refractivity (Wildman–Crippen MR) is 109 cm³/mol. The highest BCUT2D eigenvalue weighted by Crippen LogP contribution is 2.26. The number of benzene rings is 2. The molecule has 0 saturated heterocycles. The summed E-state index contributed by atoms with van der Waals surface area (Å²) in [6, 6.07) is 13.3. The Morgan fingerprint density at radius 3 is 2.59 bits per heavy atom. The molecule has 6 heteroatoms. The summed E-state index contributed by atoms with van der Waals surface area (Å²) in [7, 11) is 1.51. The summed E-state index contributed by atoms with van der Waals surface area (Å²) in [6.45, 7) is 6.92. The lowest BCUT2D eigenvalue weighted by Crippen LogP contribution is -2.41. The van der Waals surface area contributed by atoms with Crippen molar-refractivity contribution in [2.75, 3.05) is 38.2 Å². The molecule has 0 aromatic heterocycles. The van der Waals surface area contributed by atoms with Gasteiger partial charge in [-0.1, -0.05) is 24.3 Å². The Bertz CT molecular complexity index is 749. The smallest absolute Gasteiger partial charge is 0.314 e. The minimum Gasteiger partial charge on any atom is -0.504 e. The molecule has 0 spiro atoms. The van der Waals surface area contributed by atoms with E-state index in [9.17, 15) is 9.90 Å². The zero-order valence-corrected chi connectivity index (χ0v) is 16.3. The Hall–Kier alpha value is -2.89. The number of carbonyl (C=O) groups is 1. The molecule has 2 amide bonds. The van der Waals surface area contributed by atoms with Crippen LogP contribution in [-0.4, -0.2) is 44.4 Å². The average molecular weight is 371 g/mol. The number of phenols is 1. The van der Waals surface area contributed by atoms with Crippen LogP contribution in [0, 0.1) is 6.92 Å². The van der Waals surface area contributed by atoms with Crippen LogP contribution in [-0.2, 0) is 6.42 Å². The van der Waals surface area contributed by atoms with Gasteiger partial charge in [0.15, 0.2) is 11.5 Å². The number of carbonyl (C=O) groups excluding carboxylic acids is 1. The first-order chi connectivity index (χ1) is 13.0. The number of amides is 2. The molecule has 3 N–H and O–H groups in total. The minimum absolute atomic E-state index is 0.112. The van der Waals surface area contributed by atoms with Gasteiger partial charge in [-0.2, -0.15) is 0 Å². The van der Waals surface area contributed by atoms with Gasteiger partial charge in [0.05, 0.1) is 7.11 Å². The maximum atomic E-state index is 12.0. The second-order valence-electron chi connectivity index (χ2n) is 6.31. The Morgan fingerprint density at radius 1 is 1.15 bits per heavy atom. The van der Waals surface area contributed by atoms with E-state index in [4.69, 9.17) is 4.74 Å². The van der Waals surface area contributed by atoms with Crippen LogP contribution in [0.3, 0.4) is 0 Å². The van der Waals surface area contributed by atoms with E-state index in [2.05, 4.69) is 41.5 Å². The first kappa shape index (κ1) is 20.4. The van der Waals surface area contributed by atoms with Gasteiger partial charge >= 0.3 is 6.03 Å². The minimum atomic E-state index is -0.179. The van der Waals surface area contributed by atoms with Crippen molar-refractivity contribution in [3.8, 4) is 11.5 Å². The standard InChI is InChI=1S/C21H29N3O3/c1-4-24(18-8-6-5-7-16(18)2)14-13-23-21(26)22-12-11-17-9-10-19(25)20(15-17)27-3/h5-10,15,25H,4,11-14H2,1-3H3,(H2,22,23,26). The van der Waals surface area contributed by atoms with E-state index in [1.807, 2.05) is 18.2 Å². The summed E-state index contributed by atoms with van der Waals surface area (Å²) >= 11 is 0. The van der Waals surface area contributed by atoms with E-state index >= 15 is 0 Å². The molecule has 0 heterocycles. The summed E-state index contributed by atoms with van der Waals surface area (Å²) < 4.78 is 5.09. The lowest BCUT2D eigenvalue weighted by atomic mass is 10.1. The van der Waals surface area contributed by atoms with Crippen LogP contribution < -0.4 is 20.3 Å². The first-order valence-corrected chi connectivity index (χ1v) is 9.23. The Balaban J connectivity index is 1.72. The number of rotatable bonds is 9. The fourth-order valence-electron chi connectivity index (χ4n) is 2.93. The van der Waals surface area contributed by atoms with Crippen LogP contribution in [0.4, 0.5) is 10.5 Å². The average Bonchev–Trinajstić information content (AvgIpc) is 2.67. The number of nitrogens with one attached hydrogen (secondary N) is 2. The maximum absolute atomic E-state index is 12.0. The van der Waals surface area contributed by atoms with Crippen LogP contribution in [0.2, 0.25) is 0 Å². The topological polar surface area (TPSA) is 73.8 Å². The quantitative estimate of drug-likeness (QED) is 0.633. The van der Waals surface area contributed by atoms with E-state index in [-0.39, 0.29) is 11.8 Å². The highest BCUT2D eigenvalue weighted by atomic mass is 16.5. The van der Waals surface area contributed by atoms with E-state index in [1.54, 1.807) is 12.1 Å². The van der Waals surface area contributed by atoms with Crippen molar-refractivity contribution >= 4 is 11.7 Å². The van der Waals surface area contributed by atoms with E-state index in [1.165, 1.54) is 18.4 Å². The number of nitrogens with zero attached hydrogens (tertiary/aromatic N) is 1. The summed E-state index contributed by atoms with van der Waals surface area (Å²) in [5.41, 5.74) is 3.42. The molecule has 6 nitrogen and oxygen atoms in total. The number of hydrogen-bond donors (Lipinski definition) is 3. The van der Waals surface area contributed by atoms with Crippen molar-refractivity contribution in [3.63, 3.8) is 0 Å². The molecule has 0 radical (unpaired) electrons. The number of aryl methyl sites for hydroxylation is 1. The molecule has 0 atom stereocenters. The van der Waals surface area contributed by atoms with Gasteiger partial charge in [-0.25, -0.2) is 4.79 Å². The third-order valence-corrected chi connectivity index (χ3v) is 4.45. The largest absolute Gasteiger partial charge is 0.504 e. The number of ether oxygens (including phenoxy) is 1. The number of anilines is 1. The molecule has 0 aliphatic heterocycles. The van der Waals surface area contributed by atoms with Gasteiger partial charge in [0, 0.05) is 31.9 Å². The molecule has 0 aliphatic rings. The summed E-state index contributed by atoms with van der Waals surface area (Å²) in [5, 5.41) is 15.4. The van der Waals surface area contributed by atoms with Crippen LogP contribution in [0.1, 0.15) is 18.1 Å². The molecule has 27 heavy (non-hydrogen) atoms. The van der Waals surface area contributed by atoms with Gasteiger partial charge < -0.3 is 25.4 Å². The van der Waals surface area contributed by atoms with E-state index in [0.717, 1.165) is 18.7 Å². The highest BCUT2D eigenvalue weighted by Gasteiger charge is 2.08. The second kappa shape index (κ2) is 10.3. The number of phenolic OH excluding ortho intramolecular Hbond substituents is 1. The molecule has 0 aliphatic carbocycles. The van der Waals surface area contributed by atoms with Crippen LogP contribution in [0.5, 0.6) is 11.5 Å². The molecular weight excluding hydrogens is 342 g/mol. The maximum Gasteiger partial charge on any atom is 0.314 e. The summed E-state index contributed by atoms with van der Waals surface area (Å²) in [5.74, 6) is 0.550. The van der Waals surface area contributed by atoms with Crippen molar-refractivity contribution in [3.05, 3.63) is 53.6 Å². The van der Waals surface area contributed by atoms with Crippen molar-refractivity contribution in [2.24, 2.45) is 0 Å². The molecule has 0 saturated carbocycles. The van der Waals surface area contributed by atoms with Crippen molar-refractivity contribution in [1.82, 2.24) is 10.6 Å². The van der Waals surface area contributed by atoms with E-state index in [0.29, 0.717) is 25.3 Å². The van der Waals surface area contributed by atoms with Crippen LogP contribution >= 0.6 is 0 Å². The van der Waals surface area contributed by atoms with Gasteiger partial charge in [0.25, 0.3) is 0 Å². The molecule has 0 fully saturated rings. The number of aromatic hydroxyl groups is 1. The van der Waals surface area contributed by atoms with Gasteiger partial charge in [-0.15, -0.1) is 0 Å². The number of hydrogen-bond acceptors (Lipinski definition) is 4. The number of likely N-dealkylation sites (N-methyl/N-ethyl adjacent to an activating group) is 1. The predicted octanol–water partition coefficient (Wildman–Crippen LogP) is 3.08. The molecule has 146 valence electrons. The Kier molecular flexibility index (Phi) is 7.79.